The number of hydrogen-bond acceptors (Lipinski definition) is 0. The topological polar surface area (TPSA) is 0 Å². The van der Waals surface area contributed by atoms with E-state index >= 15 is 0 Å². The molecular weight excluding hydrogens is 577 g/mol. The molecule has 1 aliphatic rings. The van der Waals surface area contributed by atoms with E-state index in [0.717, 1.165) is 0 Å². The SMILES string of the molecule is c1ccc2c(-c3c4ccccc4c(-c4cccc5ccccc45)c4cc5c(cc34)-c3cccc4c3c-5cc3ccccc34)cccc2c1. The zero-order valence-corrected chi connectivity index (χ0v) is 26.2. The van der Waals surface area contributed by atoms with Crippen LogP contribution in [0.1, 0.15) is 0 Å². The van der Waals surface area contributed by atoms with Gasteiger partial charge in [0.2, 0.25) is 0 Å². The van der Waals surface area contributed by atoms with Crippen molar-refractivity contribution in [1.29, 1.82) is 0 Å². The first kappa shape index (κ1) is 25.9. The molecule has 48 heavy (non-hydrogen) atoms. The highest BCUT2D eigenvalue weighted by molar-refractivity contribution is 6.30. The van der Waals surface area contributed by atoms with E-state index in [9.17, 15) is 0 Å². The Hall–Kier alpha value is -6.24. The molecule has 0 N–H and O–H groups in total. The van der Waals surface area contributed by atoms with Crippen molar-refractivity contribution < 1.29 is 0 Å². The molecule has 0 heteroatoms. The number of hydrogen-bond donors (Lipinski definition) is 0. The Morgan fingerprint density at radius 1 is 0.208 bits per heavy atom. The monoisotopic (exact) mass is 604 g/mol. The summed E-state index contributed by atoms with van der Waals surface area (Å²) in [6.07, 6.45) is 0. The van der Waals surface area contributed by atoms with Crippen molar-refractivity contribution >= 4 is 64.6 Å². The predicted molar refractivity (Wildman–Crippen MR) is 207 cm³/mol. The Morgan fingerprint density at radius 2 is 0.625 bits per heavy atom. The third kappa shape index (κ3) is 3.44. The van der Waals surface area contributed by atoms with Gasteiger partial charge in [-0.1, -0.05) is 152 Å². The first-order chi connectivity index (χ1) is 23.8. The molecule has 11 rings (SSSR count). The summed E-state index contributed by atoms with van der Waals surface area (Å²) in [5.74, 6) is 0. The summed E-state index contributed by atoms with van der Waals surface area (Å²) < 4.78 is 0. The average Bonchev–Trinajstić information content (AvgIpc) is 3.46. The van der Waals surface area contributed by atoms with Gasteiger partial charge in [0.1, 0.15) is 0 Å². The van der Waals surface area contributed by atoms with Gasteiger partial charge in [-0.05, 0) is 127 Å². The summed E-state index contributed by atoms with van der Waals surface area (Å²) in [7, 11) is 0. The van der Waals surface area contributed by atoms with Crippen molar-refractivity contribution in [3.05, 3.63) is 170 Å². The van der Waals surface area contributed by atoms with Gasteiger partial charge in [-0.2, -0.15) is 0 Å². The smallest absolute Gasteiger partial charge is 0.00199 e. The predicted octanol–water partition coefficient (Wildman–Crippen LogP) is 13.6. The van der Waals surface area contributed by atoms with E-state index < -0.39 is 0 Å². The summed E-state index contributed by atoms with van der Waals surface area (Å²) in [6.45, 7) is 0. The van der Waals surface area contributed by atoms with E-state index in [0.29, 0.717) is 0 Å². The maximum Gasteiger partial charge on any atom is -0.00199 e. The van der Waals surface area contributed by atoms with Crippen molar-refractivity contribution in [3.63, 3.8) is 0 Å². The van der Waals surface area contributed by atoms with E-state index in [4.69, 9.17) is 0 Å². The molecule has 0 aliphatic heterocycles. The summed E-state index contributed by atoms with van der Waals surface area (Å²) in [5.41, 5.74) is 10.5. The average molecular weight is 605 g/mol. The van der Waals surface area contributed by atoms with Gasteiger partial charge in [-0.15, -0.1) is 0 Å². The van der Waals surface area contributed by atoms with E-state index in [1.54, 1.807) is 0 Å². The molecule has 0 saturated carbocycles. The molecule has 0 heterocycles. The highest BCUT2D eigenvalue weighted by Crippen LogP contribution is 2.54. The van der Waals surface area contributed by atoms with Crippen LogP contribution in [0.4, 0.5) is 0 Å². The Labute approximate surface area is 278 Å². The van der Waals surface area contributed by atoms with Crippen molar-refractivity contribution in [2.24, 2.45) is 0 Å². The Kier molecular flexibility index (Phi) is 5.20. The molecule has 1 aliphatic carbocycles. The lowest BCUT2D eigenvalue weighted by Gasteiger charge is -2.21. The number of fused-ring (bicyclic) bond motifs is 9. The molecule has 0 spiro atoms. The fourth-order valence-corrected chi connectivity index (χ4v) is 8.74. The first-order valence-corrected chi connectivity index (χ1v) is 16.8. The summed E-state index contributed by atoms with van der Waals surface area (Å²) in [6, 6.07) is 63.4. The van der Waals surface area contributed by atoms with E-state index in [2.05, 4.69) is 170 Å². The third-order valence-electron chi connectivity index (χ3n) is 10.7. The minimum atomic E-state index is 1.26. The number of benzene rings is 10. The maximum atomic E-state index is 2.52. The minimum absolute atomic E-state index is 1.26. The molecule has 0 amide bonds. The first-order valence-electron chi connectivity index (χ1n) is 16.8. The van der Waals surface area contributed by atoms with Crippen LogP contribution in [-0.2, 0) is 0 Å². The van der Waals surface area contributed by atoms with Crippen LogP contribution < -0.4 is 0 Å². The Bertz CT molecular complexity index is 2990. The lowest BCUT2D eigenvalue weighted by molar-refractivity contribution is 1.68. The van der Waals surface area contributed by atoms with Gasteiger partial charge in [-0.25, -0.2) is 0 Å². The standard InChI is InChI=1S/C48H28/c1-4-17-32-29(12-1)15-9-22-35(32)46-38-20-7-8-21-39(38)47(36-23-10-16-30-13-2-5-18-33(30)36)45-28-42-41(27-44(45)46)40-25-11-24-37-34-19-6-3-14-31(34)26-43(42)48(37)40/h1-28H. The lowest BCUT2D eigenvalue weighted by atomic mass is 9.82. The largest absolute Gasteiger partial charge is 0.0616 e. The van der Waals surface area contributed by atoms with Gasteiger partial charge in [-0.3, -0.25) is 0 Å². The van der Waals surface area contributed by atoms with Gasteiger partial charge in [0.25, 0.3) is 0 Å². The molecule has 0 unspecified atom stereocenters. The quantitative estimate of drug-likeness (QED) is 0.136. The fourth-order valence-electron chi connectivity index (χ4n) is 8.74. The van der Waals surface area contributed by atoms with Crippen LogP contribution in [-0.4, -0.2) is 0 Å². The molecule has 0 saturated heterocycles. The molecule has 220 valence electrons. The van der Waals surface area contributed by atoms with Crippen LogP contribution in [0.2, 0.25) is 0 Å². The Balaban J connectivity index is 1.38. The molecule has 0 radical (unpaired) electrons. The van der Waals surface area contributed by atoms with Crippen molar-refractivity contribution in [2.75, 3.05) is 0 Å². The second kappa shape index (κ2) is 9.64. The molecule has 0 bridgehead atoms. The van der Waals surface area contributed by atoms with Gasteiger partial charge in [0.05, 0.1) is 0 Å². The van der Waals surface area contributed by atoms with Gasteiger partial charge >= 0.3 is 0 Å². The van der Waals surface area contributed by atoms with E-state index in [1.807, 2.05) is 0 Å². The molecule has 10 aromatic rings. The van der Waals surface area contributed by atoms with Crippen LogP contribution in [0.25, 0.3) is 109 Å². The molecule has 10 aromatic carbocycles. The highest BCUT2D eigenvalue weighted by atomic mass is 14.3. The molecular formula is C48H28. The molecule has 0 nitrogen and oxygen atoms in total. The number of rotatable bonds is 2. The van der Waals surface area contributed by atoms with Crippen molar-refractivity contribution in [3.8, 4) is 44.5 Å². The van der Waals surface area contributed by atoms with Gasteiger partial charge in [0.15, 0.2) is 0 Å². The summed E-state index contributed by atoms with van der Waals surface area (Å²) in [5, 5.41) is 15.5. The van der Waals surface area contributed by atoms with Crippen LogP contribution in [0.5, 0.6) is 0 Å². The highest BCUT2D eigenvalue weighted by Gasteiger charge is 2.27. The second-order valence-electron chi connectivity index (χ2n) is 13.2. The van der Waals surface area contributed by atoms with Crippen LogP contribution in [0.3, 0.4) is 0 Å². The van der Waals surface area contributed by atoms with Crippen LogP contribution in [0.15, 0.2) is 170 Å². The van der Waals surface area contributed by atoms with Gasteiger partial charge < -0.3 is 0 Å². The van der Waals surface area contributed by atoms with Crippen LogP contribution >= 0.6 is 0 Å². The summed E-state index contributed by atoms with van der Waals surface area (Å²) >= 11 is 0. The fraction of sp³-hybridized carbons (Fsp3) is 0. The van der Waals surface area contributed by atoms with Crippen LogP contribution in [0, 0.1) is 0 Å². The summed E-state index contributed by atoms with van der Waals surface area (Å²) in [4.78, 5) is 0. The Morgan fingerprint density at radius 3 is 1.23 bits per heavy atom. The lowest BCUT2D eigenvalue weighted by Crippen LogP contribution is -1.93. The van der Waals surface area contributed by atoms with Crippen molar-refractivity contribution in [2.45, 2.75) is 0 Å². The molecule has 0 fully saturated rings. The molecule has 0 atom stereocenters. The minimum Gasteiger partial charge on any atom is -0.0616 e. The third-order valence-corrected chi connectivity index (χ3v) is 10.7. The maximum absolute atomic E-state index is 2.52. The van der Waals surface area contributed by atoms with E-state index in [1.165, 1.54) is 109 Å². The van der Waals surface area contributed by atoms with E-state index in [-0.39, 0.29) is 0 Å². The second-order valence-corrected chi connectivity index (χ2v) is 13.2. The van der Waals surface area contributed by atoms with Gasteiger partial charge in [0, 0.05) is 0 Å². The zero-order chi connectivity index (χ0) is 31.3. The normalized spacial score (nSPS) is 12.2. The molecule has 0 aromatic heterocycles. The zero-order valence-electron chi connectivity index (χ0n) is 26.2. The van der Waals surface area contributed by atoms with Crippen molar-refractivity contribution in [1.82, 2.24) is 0 Å².